The highest BCUT2D eigenvalue weighted by molar-refractivity contribution is 7.08. The van der Waals surface area contributed by atoms with Crippen molar-refractivity contribution in [1.29, 1.82) is 0 Å². The monoisotopic (exact) mass is 274 g/mol. The molecule has 1 aromatic heterocycles. The number of esters is 1. The molecule has 0 aliphatic heterocycles. The molecule has 3 atom stereocenters. The van der Waals surface area contributed by atoms with Crippen molar-refractivity contribution in [2.24, 2.45) is 22.7 Å². The van der Waals surface area contributed by atoms with Gasteiger partial charge in [-0.1, -0.05) is 32.6 Å². The van der Waals surface area contributed by atoms with Crippen molar-refractivity contribution in [3.8, 4) is 11.8 Å². The van der Waals surface area contributed by atoms with E-state index in [2.05, 4.69) is 32.6 Å². The summed E-state index contributed by atoms with van der Waals surface area (Å²) in [6, 6.07) is 1.81. The van der Waals surface area contributed by atoms with Gasteiger partial charge < -0.3 is 4.74 Å². The SMILES string of the molecule is CC1C#CC2C(C)(C)C2(COC(=O)c2ccsc2)C1. The Morgan fingerprint density at radius 3 is 3.00 bits per heavy atom. The first-order chi connectivity index (χ1) is 8.97. The van der Waals surface area contributed by atoms with E-state index >= 15 is 0 Å². The van der Waals surface area contributed by atoms with Gasteiger partial charge in [-0.2, -0.15) is 11.3 Å². The second kappa shape index (κ2) is 4.11. The van der Waals surface area contributed by atoms with Crippen molar-refractivity contribution in [3.05, 3.63) is 22.4 Å². The number of hydrogen-bond donors (Lipinski definition) is 0. The first-order valence-corrected chi connectivity index (χ1v) is 7.62. The predicted octanol–water partition coefficient (Wildman–Crippen LogP) is 3.59. The maximum atomic E-state index is 12.0. The lowest BCUT2D eigenvalue weighted by atomic mass is 9.85. The smallest absolute Gasteiger partial charge is 0.338 e. The second-order valence-electron chi connectivity index (χ2n) is 6.29. The quantitative estimate of drug-likeness (QED) is 0.622. The van der Waals surface area contributed by atoms with Crippen LogP contribution in [0.5, 0.6) is 0 Å². The van der Waals surface area contributed by atoms with Gasteiger partial charge in [0.05, 0.1) is 12.2 Å². The van der Waals surface area contributed by atoms with E-state index < -0.39 is 0 Å². The van der Waals surface area contributed by atoms with Crippen molar-refractivity contribution in [1.82, 2.24) is 0 Å². The summed E-state index contributed by atoms with van der Waals surface area (Å²) in [7, 11) is 0. The zero-order valence-corrected chi connectivity index (χ0v) is 12.3. The summed E-state index contributed by atoms with van der Waals surface area (Å²) in [5.41, 5.74) is 0.898. The van der Waals surface area contributed by atoms with Crippen LogP contribution in [0, 0.1) is 34.5 Å². The van der Waals surface area contributed by atoms with Crippen LogP contribution in [0.2, 0.25) is 0 Å². The zero-order chi connectivity index (χ0) is 13.7. The molecule has 19 heavy (non-hydrogen) atoms. The number of rotatable bonds is 3. The van der Waals surface area contributed by atoms with Gasteiger partial charge in [0.15, 0.2) is 0 Å². The summed E-state index contributed by atoms with van der Waals surface area (Å²) < 4.78 is 5.55. The van der Waals surface area contributed by atoms with Crippen molar-refractivity contribution in [3.63, 3.8) is 0 Å². The fourth-order valence-electron chi connectivity index (χ4n) is 3.45. The molecule has 0 spiro atoms. The molecule has 1 fully saturated rings. The zero-order valence-electron chi connectivity index (χ0n) is 11.5. The molecule has 0 aromatic carbocycles. The van der Waals surface area contributed by atoms with E-state index in [-0.39, 0.29) is 16.8 Å². The van der Waals surface area contributed by atoms with Gasteiger partial charge in [-0.25, -0.2) is 4.79 Å². The summed E-state index contributed by atoms with van der Waals surface area (Å²) >= 11 is 1.52. The predicted molar refractivity (Wildman–Crippen MR) is 75.9 cm³/mol. The van der Waals surface area contributed by atoms with E-state index in [4.69, 9.17) is 4.74 Å². The largest absolute Gasteiger partial charge is 0.461 e. The van der Waals surface area contributed by atoms with E-state index in [1.165, 1.54) is 11.3 Å². The molecule has 1 aromatic rings. The van der Waals surface area contributed by atoms with Crippen LogP contribution in [-0.4, -0.2) is 12.6 Å². The molecular weight excluding hydrogens is 256 g/mol. The highest BCUT2D eigenvalue weighted by Gasteiger charge is 2.71. The van der Waals surface area contributed by atoms with Crippen molar-refractivity contribution < 1.29 is 9.53 Å². The summed E-state index contributed by atoms with van der Waals surface area (Å²) in [4.78, 5) is 12.0. The fourth-order valence-corrected chi connectivity index (χ4v) is 4.08. The third-order valence-corrected chi connectivity index (χ3v) is 5.52. The Kier molecular flexibility index (Phi) is 2.76. The third-order valence-electron chi connectivity index (χ3n) is 4.84. The number of thiophene rings is 1. The number of carbonyl (C=O) groups is 1. The van der Waals surface area contributed by atoms with Gasteiger partial charge in [0.2, 0.25) is 0 Å². The Hall–Kier alpha value is -1.27. The van der Waals surface area contributed by atoms with Gasteiger partial charge in [0, 0.05) is 22.6 Å². The van der Waals surface area contributed by atoms with Crippen LogP contribution in [0.3, 0.4) is 0 Å². The molecule has 3 rings (SSSR count). The second-order valence-corrected chi connectivity index (χ2v) is 7.07. The minimum Gasteiger partial charge on any atom is -0.461 e. The molecule has 0 saturated heterocycles. The van der Waals surface area contributed by atoms with Crippen LogP contribution < -0.4 is 0 Å². The molecule has 100 valence electrons. The lowest BCUT2D eigenvalue weighted by Gasteiger charge is -2.23. The Morgan fingerprint density at radius 2 is 2.32 bits per heavy atom. The molecule has 2 nitrogen and oxygen atoms in total. The number of carbonyl (C=O) groups excluding carboxylic acids is 1. The fraction of sp³-hybridized carbons (Fsp3) is 0.562. The molecule has 0 N–H and O–H groups in total. The standard InChI is InChI=1S/C16H18O2S/c1-11-4-5-13-15(2,3)16(13,8-11)10-18-14(17)12-6-7-19-9-12/h6-7,9,11,13H,8,10H2,1-3H3. The van der Waals surface area contributed by atoms with E-state index in [9.17, 15) is 4.79 Å². The van der Waals surface area contributed by atoms with Crippen LogP contribution >= 0.6 is 11.3 Å². The van der Waals surface area contributed by atoms with Gasteiger partial charge in [-0.3, -0.25) is 0 Å². The number of ether oxygens (including phenoxy) is 1. The average Bonchev–Trinajstić information content (AvgIpc) is 2.77. The van der Waals surface area contributed by atoms with E-state index in [0.29, 0.717) is 24.0 Å². The normalized spacial score (nSPS) is 33.8. The minimum atomic E-state index is -0.205. The van der Waals surface area contributed by atoms with Gasteiger partial charge in [0.1, 0.15) is 0 Å². The van der Waals surface area contributed by atoms with Gasteiger partial charge in [0.25, 0.3) is 0 Å². The molecule has 2 aliphatic rings. The summed E-state index contributed by atoms with van der Waals surface area (Å²) in [5.74, 6) is 7.21. The maximum absolute atomic E-state index is 12.0. The van der Waals surface area contributed by atoms with E-state index in [0.717, 1.165) is 6.42 Å². The third kappa shape index (κ3) is 1.81. The molecule has 2 aliphatic carbocycles. The topological polar surface area (TPSA) is 26.3 Å². The van der Waals surface area contributed by atoms with E-state index in [1.807, 2.05) is 16.8 Å². The average molecular weight is 274 g/mol. The van der Waals surface area contributed by atoms with Crippen LogP contribution in [0.25, 0.3) is 0 Å². The summed E-state index contributed by atoms with van der Waals surface area (Å²) in [6.45, 7) is 7.13. The molecule has 0 amide bonds. The van der Waals surface area contributed by atoms with Gasteiger partial charge in [-0.15, -0.1) is 0 Å². The first-order valence-electron chi connectivity index (χ1n) is 6.68. The summed E-state index contributed by atoms with van der Waals surface area (Å²) in [6.07, 6.45) is 1.04. The molecular formula is C16H18O2S. The van der Waals surface area contributed by atoms with Crippen molar-refractivity contribution in [2.75, 3.05) is 6.61 Å². The number of hydrogen-bond acceptors (Lipinski definition) is 3. The van der Waals surface area contributed by atoms with Crippen LogP contribution in [-0.2, 0) is 4.74 Å². The van der Waals surface area contributed by atoms with Crippen LogP contribution in [0.1, 0.15) is 37.6 Å². The summed E-state index contributed by atoms with van der Waals surface area (Å²) in [5, 5.41) is 3.73. The molecule has 1 saturated carbocycles. The van der Waals surface area contributed by atoms with Crippen molar-refractivity contribution >= 4 is 17.3 Å². The molecule has 3 unspecified atom stereocenters. The lowest BCUT2D eigenvalue weighted by Crippen LogP contribution is -2.23. The molecule has 0 radical (unpaired) electrons. The lowest BCUT2D eigenvalue weighted by molar-refractivity contribution is 0.0354. The molecule has 3 heteroatoms. The Morgan fingerprint density at radius 1 is 1.53 bits per heavy atom. The van der Waals surface area contributed by atoms with Gasteiger partial charge >= 0.3 is 5.97 Å². The first kappa shape index (κ1) is 12.7. The maximum Gasteiger partial charge on any atom is 0.338 e. The Bertz CT molecular complexity index is 561. The highest BCUT2D eigenvalue weighted by Crippen LogP contribution is 2.72. The van der Waals surface area contributed by atoms with Gasteiger partial charge in [-0.05, 0) is 23.3 Å². The minimum absolute atomic E-state index is 0.0728. The van der Waals surface area contributed by atoms with Crippen molar-refractivity contribution in [2.45, 2.75) is 27.2 Å². The number of fused-ring (bicyclic) bond motifs is 1. The Balaban J connectivity index is 1.71. The van der Waals surface area contributed by atoms with E-state index in [1.54, 1.807) is 0 Å². The Labute approximate surface area is 118 Å². The van der Waals surface area contributed by atoms with Crippen LogP contribution in [0.15, 0.2) is 16.8 Å². The van der Waals surface area contributed by atoms with Crippen LogP contribution in [0.4, 0.5) is 0 Å². The highest BCUT2D eigenvalue weighted by atomic mass is 32.1. The molecule has 1 heterocycles. The molecule has 0 bridgehead atoms.